The Morgan fingerprint density at radius 2 is 1.54 bits per heavy atom. The smallest absolute Gasteiger partial charge is 0.410 e. The molecule has 8 atom stereocenters. The van der Waals surface area contributed by atoms with Gasteiger partial charge in [0.1, 0.15) is 17.3 Å². The van der Waals surface area contributed by atoms with Crippen LogP contribution in [0.1, 0.15) is 69.9 Å². The van der Waals surface area contributed by atoms with Crippen LogP contribution >= 0.6 is 11.6 Å². The van der Waals surface area contributed by atoms with Gasteiger partial charge in [-0.25, -0.2) is 9.18 Å². The first kappa shape index (κ1) is 41.6. The Bertz CT molecular complexity index is 2450. The van der Waals surface area contributed by atoms with Crippen molar-refractivity contribution in [1.82, 2.24) is 4.90 Å². The van der Waals surface area contributed by atoms with E-state index in [1.807, 2.05) is 37.3 Å². The molecule has 0 radical (unpaired) electrons. The molecule has 6 aliphatic carbocycles. The second-order valence-electron chi connectivity index (χ2n) is 18.5. The van der Waals surface area contributed by atoms with Crippen molar-refractivity contribution >= 4 is 34.2 Å². The minimum Gasteiger partial charge on any atom is -0.410 e. The van der Waals surface area contributed by atoms with Crippen LogP contribution in [0.5, 0.6) is 11.5 Å². The standard InChI is InChI=1S/C49H48ClF4NO6/c1-44-19-16-33(56)26-46(44)22-23-48(37(27-46)40(57)25-36-38(50)8-5-9-39(36)51)41(44)17-20-45(2)42(48)18-21-47(45,59)29-55(28-30-10-13-34(14-11-30)61-49(52,53)54)43(58)60-35-15-12-31-6-3-4-7-32(31)24-35/h3-15,22-24,27,33,41-42,56,59H,16-21,25-26,28-29H2,1-2H3. The summed E-state index contributed by atoms with van der Waals surface area (Å²) in [4.78, 5) is 30.6. The van der Waals surface area contributed by atoms with E-state index in [9.17, 15) is 33.0 Å². The Morgan fingerprint density at radius 3 is 2.28 bits per heavy atom. The lowest BCUT2D eigenvalue weighted by atomic mass is 9.32. The molecule has 0 aromatic heterocycles. The van der Waals surface area contributed by atoms with Crippen molar-refractivity contribution in [3.8, 4) is 11.5 Å². The fourth-order valence-electron chi connectivity index (χ4n) is 12.5. The second-order valence-corrected chi connectivity index (χ2v) is 18.9. The number of amides is 1. The Hall–Kier alpha value is -4.71. The third-order valence-electron chi connectivity index (χ3n) is 15.6. The summed E-state index contributed by atoms with van der Waals surface area (Å²) in [6.07, 6.45) is 3.88. The number of allylic oxidation sites excluding steroid dienone is 4. The molecule has 1 amide bonds. The molecule has 7 nitrogen and oxygen atoms in total. The number of nitrogens with zero attached hydrogens (tertiary/aromatic N) is 1. The molecule has 4 aromatic carbocycles. The van der Waals surface area contributed by atoms with Gasteiger partial charge in [-0.2, -0.15) is 0 Å². The molecule has 320 valence electrons. The van der Waals surface area contributed by atoms with Crippen molar-refractivity contribution in [3.63, 3.8) is 0 Å². The van der Waals surface area contributed by atoms with Gasteiger partial charge in [0.15, 0.2) is 5.78 Å². The summed E-state index contributed by atoms with van der Waals surface area (Å²) in [6, 6.07) is 22.5. The SMILES string of the molecule is CC12CCC(O)CC13C=CC1(C(C(=O)Cc4c(F)cccc4Cl)=C3)C2CCC2(C)C1CCC2(O)CN(Cc1ccc(OC(F)(F)F)cc1)C(=O)Oc1ccc2ccccc2c1. The number of Topliss-reactive ketones (excluding diaryl/α,β-unsaturated/α-hetero) is 1. The molecule has 3 fully saturated rings. The third kappa shape index (κ3) is 6.77. The molecular formula is C49H48ClF4NO6. The number of rotatable bonds is 9. The zero-order valence-corrected chi connectivity index (χ0v) is 34.7. The number of ether oxygens (including phenoxy) is 2. The molecule has 10 rings (SSSR count). The van der Waals surface area contributed by atoms with E-state index in [1.165, 1.54) is 41.3 Å². The van der Waals surface area contributed by atoms with Crippen LogP contribution in [0.2, 0.25) is 5.02 Å². The largest absolute Gasteiger partial charge is 0.573 e. The molecule has 2 spiro atoms. The third-order valence-corrected chi connectivity index (χ3v) is 15.9. The number of carbonyl (C=O) groups excluding carboxylic acids is 2. The lowest BCUT2D eigenvalue weighted by Gasteiger charge is -2.71. The topological polar surface area (TPSA) is 96.3 Å². The van der Waals surface area contributed by atoms with Gasteiger partial charge in [0.25, 0.3) is 0 Å². The monoisotopic (exact) mass is 857 g/mol. The normalized spacial score (nSPS) is 32.4. The molecular weight excluding hydrogens is 810 g/mol. The van der Waals surface area contributed by atoms with Crippen molar-refractivity contribution in [2.45, 2.75) is 89.8 Å². The summed E-state index contributed by atoms with van der Waals surface area (Å²) in [5, 5.41) is 26.2. The highest BCUT2D eigenvalue weighted by atomic mass is 35.5. The maximum atomic E-state index is 15.3. The maximum Gasteiger partial charge on any atom is 0.573 e. The molecule has 2 N–H and O–H groups in total. The Morgan fingerprint density at radius 1 is 0.852 bits per heavy atom. The van der Waals surface area contributed by atoms with Crippen molar-refractivity contribution in [2.75, 3.05) is 6.54 Å². The number of benzene rings is 4. The van der Waals surface area contributed by atoms with Crippen LogP contribution in [0, 0.1) is 39.3 Å². The van der Waals surface area contributed by atoms with E-state index in [1.54, 1.807) is 18.2 Å². The number of ketones is 1. The first-order valence-corrected chi connectivity index (χ1v) is 21.4. The Kier molecular flexibility index (Phi) is 10.0. The summed E-state index contributed by atoms with van der Waals surface area (Å²) in [6.45, 7) is 4.06. The fourth-order valence-corrected chi connectivity index (χ4v) is 12.8. The Labute approximate surface area is 357 Å². The van der Waals surface area contributed by atoms with Crippen molar-refractivity contribution in [3.05, 3.63) is 131 Å². The van der Waals surface area contributed by atoms with Gasteiger partial charge < -0.3 is 24.6 Å². The summed E-state index contributed by atoms with van der Waals surface area (Å²) in [5.41, 5.74) is -2.90. The predicted octanol–water partition coefficient (Wildman–Crippen LogP) is 10.9. The summed E-state index contributed by atoms with van der Waals surface area (Å²) < 4.78 is 64.3. The van der Waals surface area contributed by atoms with Gasteiger partial charge in [0.05, 0.1) is 18.2 Å². The van der Waals surface area contributed by atoms with Crippen LogP contribution < -0.4 is 9.47 Å². The average Bonchev–Trinajstić information content (AvgIpc) is 3.48. The quantitative estimate of drug-likeness (QED) is 0.129. The Balaban J connectivity index is 1.08. The summed E-state index contributed by atoms with van der Waals surface area (Å²) in [7, 11) is 0. The highest BCUT2D eigenvalue weighted by Crippen LogP contribution is 2.78. The van der Waals surface area contributed by atoms with Crippen molar-refractivity contribution in [2.24, 2.45) is 33.5 Å². The van der Waals surface area contributed by atoms with Crippen LogP contribution in [-0.4, -0.2) is 51.6 Å². The molecule has 0 heterocycles. The van der Waals surface area contributed by atoms with Gasteiger partial charge in [-0.1, -0.05) is 92.2 Å². The van der Waals surface area contributed by atoms with Crippen molar-refractivity contribution < 1.29 is 46.8 Å². The summed E-state index contributed by atoms with van der Waals surface area (Å²) in [5.74, 6) is -1.23. The first-order chi connectivity index (χ1) is 28.9. The average molecular weight is 858 g/mol. The van der Waals surface area contributed by atoms with Crippen LogP contribution in [0.25, 0.3) is 10.8 Å². The molecule has 8 unspecified atom stereocenters. The molecule has 0 aliphatic heterocycles. The zero-order chi connectivity index (χ0) is 43.2. The van der Waals surface area contributed by atoms with Gasteiger partial charge in [-0.05, 0) is 115 Å². The van der Waals surface area contributed by atoms with E-state index in [-0.39, 0.29) is 65.3 Å². The molecule has 0 saturated heterocycles. The van der Waals surface area contributed by atoms with Crippen molar-refractivity contribution in [1.29, 1.82) is 0 Å². The predicted molar refractivity (Wildman–Crippen MR) is 222 cm³/mol. The number of aliphatic hydroxyl groups excluding tert-OH is 1. The van der Waals surface area contributed by atoms with Gasteiger partial charge >= 0.3 is 12.5 Å². The molecule has 12 heteroatoms. The lowest BCUT2D eigenvalue weighted by Crippen LogP contribution is -2.67. The van der Waals surface area contributed by atoms with E-state index >= 15 is 4.39 Å². The lowest BCUT2D eigenvalue weighted by molar-refractivity contribution is -0.274. The summed E-state index contributed by atoms with van der Waals surface area (Å²) >= 11 is 6.48. The minimum absolute atomic E-state index is 0.0237. The van der Waals surface area contributed by atoms with Gasteiger partial charge in [0, 0.05) is 45.4 Å². The zero-order valence-electron chi connectivity index (χ0n) is 34.0. The maximum absolute atomic E-state index is 15.3. The van der Waals surface area contributed by atoms with Crippen LogP contribution in [0.3, 0.4) is 0 Å². The molecule has 4 aromatic rings. The van der Waals surface area contributed by atoms with Gasteiger partial charge in [-0.3, -0.25) is 4.79 Å². The second kappa shape index (κ2) is 14.7. The van der Waals surface area contributed by atoms with E-state index < -0.39 is 52.0 Å². The number of hydrogen-bond acceptors (Lipinski definition) is 6. The van der Waals surface area contributed by atoms with Crippen LogP contribution in [-0.2, 0) is 17.8 Å². The molecule has 61 heavy (non-hydrogen) atoms. The minimum atomic E-state index is -4.87. The highest BCUT2D eigenvalue weighted by Gasteiger charge is 2.74. The van der Waals surface area contributed by atoms with E-state index in [0.29, 0.717) is 43.2 Å². The van der Waals surface area contributed by atoms with Crippen LogP contribution in [0.15, 0.2) is 109 Å². The highest BCUT2D eigenvalue weighted by molar-refractivity contribution is 6.31. The van der Waals surface area contributed by atoms with E-state index in [0.717, 1.165) is 17.2 Å². The molecule has 2 bridgehead atoms. The van der Waals surface area contributed by atoms with E-state index in [2.05, 4.69) is 29.9 Å². The number of aliphatic hydroxyl groups is 2. The molecule has 3 saturated carbocycles. The number of fused-ring (bicyclic) bond motifs is 2. The first-order valence-electron chi connectivity index (χ1n) is 21.0. The van der Waals surface area contributed by atoms with Gasteiger partial charge in [0.2, 0.25) is 0 Å². The van der Waals surface area contributed by atoms with Gasteiger partial charge in [-0.15, -0.1) is 13.2 Å². The van der Waals surface area contributed by atoms with Crippen LogP contribution in [0.4, 0.5) is 22.4 Å². The number of alkyl halides is 3. The fraction of sp³-hybridized carbons (Fsp3) is 0.429. The molecule has 6 aliphatic rings. The number of halogens is 5. The number of hydrogen-bond donors (Lipinski definition) is 2. The number of carbonyl (C=O) groups is 2. The van der Waals surface area contributed by atoms with E-state index in [4.69, 9.17) is 16.3 Å².